The first-order valence-electron chi connectivity index (χ1n) is 7.70. The third-order valence-electron chi connectivity index (χ3n) is 3.08. The Morgan fingerprint density at radius 1 is 1.38 bits per heavy atom. The van der Waals surface area contributed by atoms with Crippen LogP contribution in [0.3, 0.4) is 0 Å². The van der Waals surface area contributed by atoms with Gasteiger partial charge in [0.2, 0.25) is 5.69 Å². The summed E-state index contributed by atoms with van der Waals surface area (Å²) in [6.45, 7) is 16.1. The van der Waals surface area contributed by atoms with Gasteiger partial charge in [0, 0.05) is 6.20 Å². The minimum Gasteiger partial charge on any atom is -0.504 e. The van der Waals surface area contributed by atoms with Crippen molar-refractivity contribution < 1.29 is 14.3 Å². The minimum atomic E-state index is -0.417. The van der Waals surface area contributed by atoms with E-state index in [9.17, 15) is 4.79 Å². The normalized spacial score (nSPS) is 11.0. The van der Waals surface area contributed by atoms with Crippen LogP contribution in [0.1, 0.15) is 38.1 Å². The number of carbonyl (C=O) groups excluding carboxylic acids is 1. The Bertz CT molecular complexity index is 767. The molecule has 0 bridgehead atoms. The van der Waals surface area contributed by atoms with E-state index in [1.807, 2.05) is 0 Å². The summed E-state index contributed by atoms with van der Waals surface area (Å²) in [7, 11) is 0. The summed E-state index contributed by atoms with van der Waals surface area (Å²) >= 11 is 0. The van der Waals surface area contributed by atoms with Gasteiger partial charge >= 0.3 is 5.97 Å². The molecule has 0 unspecified atom stereocenters. The molecule has 0 aliphatic heterocycles. The second-order valence-electron chi connectivity index (χ2n) is 6.51. The van der Waals surface area contributed by atoms with Gasteiger partial charge in [0.15, 0.2) is 0 Å². The minimum absolute atomic E-state index is 0.00843. The zero-order valence-electron chi connectivity index (χ0n) is 14.4. The zero-order valence-corrected chi connectivity index (χ0v) is 14.4. The average molecular weight is 327 g/mol. The van der Waals surface area contributed by atoms with Crippen LogP contribution in [-0.2, 0) is 4.74 Å². The van der Waals surface area contributed by atoms with Crippen LogP contribution in [0, 0.1) is 12.0 Å². The molecular weight excluding hydrogens is 306 g/mol. The number of hydrogen-bond acceptors (Lipinski definition) is 4. The van der Waals surface area contributed by atoms with Gasteiger partial charge in [-0.3, -0.25) is 0 Å². The lowest BCUT2D eigenvalue weighted by atomic mass is 9.99. The Balaban J connectivity index is 2.24. The molecule has 6 nitrogen and oxygen atoms in total. The summed E-state index contributed by atoms with van der Waals surface area (Å²) in [5.74, 6) is 0.126. The fourth-order valence-corrected chi connectivity index (χ4v) is 1.94. The van der Waals surface area contributed by atoms with E-state index in [2.05, 4.69) is 30.7 Å². The highest BCUT2D eigenvalue weighted by molar-refractivity contribution is 5.88. The number of benzene rings is 1. The van der Waals surface area contributed by atoms with Gasteiger partial charge in [-0.15, -0.1) is 0 Å². The molecule has 2 rings (SSSR count). The summed E-state index contributed by atoms with van der Waals surface area (Å²) in [6, 6.07) is 5.24. The van der Waals surface area contributed by atoms with Gasteiger partial charge in [-0.05, 0) is 30.5 Å². The molecule has 0 fully saturated rings. The monoisotopic (exact) mass is 327 g/mol. The number of nitrogens with zero attached hydrogens (tertiary/aromatic N) is 3. The second kappa shape index (κ2) is 7.18. The Morgan fingerprint density at radius 2 is 2.12 bits per heavy atom. The van der Waals surface area contributed by atoms with Gasteiger partial charge in [0.05, 0.1) is 37.2 Å². The Labute approximate surface area is 141 Å². The summed E-state index contributed by atoms with van der Waals surface area (Å²) < 4.78 is 12.2. The van der Waals surface area contributed by atoms with Crippen molar-refractivity contribution in [2.75, 3.05) is 13.2 Å². The predicted molar refractivity (Wildman–Crippen MR) is 90.7 cm³/mol. The van der Waals surface area contributed by atoms with Crippen LogP contribution in [0.2, 0.25) is 0 Å². The summed E-state index contributed by atoms with van der Waals surface area (Å²) in [5, 5.41) is 4.15. The summed E-state index contributed by atoms with van der Waals surface area (Å²) in [4.78, 5) is 15.2. The van der Waals surface area contributed by atoms with Crippen molar-refractivity contribution in [2.24, 2.45) is 5.41 Å². The van der Waals surface area contributed by atoms with E-state index in [0.717, 1.165) is 0 Å². The third-order valence-corrected chi connectivity index (χ3v) is 3.08. The van der Waals surface area contributed by atoms with E-state index >= 15 is 0 Å². The van der Waals surface area contributed by atoms with Crippen LogP contribution in [0.5, 0.6) is 5.75 Å². The largest absolute Gasteiger partial charge is 0.504 e. The van der Waals surface area contributed by atoms with E-state index < -0.39 is 5.97 Å². The Kier molecular flexibility index (Phi) is 5.24. The van der Waals surface area contributed by atoms with Crippen LogP contribution in [0.4, 0.5) is 5.69 Å². The topological polar surface area (TPSA) is 57.7 Å². The van der Waals surface area contributed by atoms with Crippen molar-refractivity contribution in [3.05, 3.63) is 47.6 Å². The first-order chi connectivity index (χ1) is 11.3. The van der Waals surface area contributed by atoms with Crippen LogP contribution in [0.15, 0.2) is 30.6 Å². The lowest BCUT2D eigenvalue weighted by Crippen LogP contribution is -2.16. The standard InChI is InChI=1S/C18H21N3O3/c1-6-23-17(22)13-10-20-21(11-13)14-7-8-16(15(9-14)19-5)24-12-18(2,3)4/h7-11H,6,12H2,1-4H3. The van der Waals surface area contributed by atoms with E-state index in [0.29, 0.717) is 35.9 Å². The number of rotatable bonds is 5. The van der Waals surface area contributed by atoms with Crippen LogP contribution >= 0.6 is 0 Å². The second-order valence-corrected chi connectivity index (χ2v) is 6.51. The highest BCUT2D eigenvalue weighted by Gasteiger charge is 2.15. The molecule has 0 amide bonds. The van der Waals surface area contributed by atoms with E-state index in [1.165, 1.54) is 10.9 Å². The molecule has 0 radical (unpaired) electrons. The Hall–Kier alpha value is -2.81. The molecule has 0 N–H and O–H groups in total. The average Bonchev–Trinajstić information content (AvgIpc) is 3.02. The number of esters is 1. The molecule has 0 spiro atoms. The first-order valence-corrected chi connectivity index (χ1v) is 7.70. The van der Waals surface area contributed by atoms with E-state index in [1.54, 1.807) is 31.3 Å². The molecular formula is C18H21N3O3. The lowest BCUT2D eigenvalue weighted by Gasteiger charge is -2.19. The number of ether oxygens (including phenoxy) is 2. The molecule has 2 aromatic rings. The molecule has 0 aliphatic rings. The highest BCUT2D eigenvalue weighted by atomic mass is 16.5. The highest BCUT2D eigenvalue weighted by Crippen LogP contribution is 2.31. The molecule has 24 heavy (non-hydrogen) atoms. The van der Waals surface area contributed by atoms with E-state index in [-0.39, 0.29) is 5.41 Å². The maximum absolute atomic E-state index is 11.7. The first kappa shape index (κ1) is 17.5. The van der Waals surface area contributed by atoms with Crippen molar-refractivity contribution >= 4 is 11.7 Å². The molecule has 126 valence electrons. The molecule has 1 aromatic carbocycles. The van der Waals surface area contributed by atoms with E-state index in [4.69, 9.17) is 16.0 Å². The zero-order chi connectivity index (χ0) is 17.7. The van der Waals surface area contributed by atoms with Crippen molar-refractivity contribution in [3.8, 4) is 11.4 Å². The Morgan fingerprint density at radius 3 is 2.75 bits per heavy atom. The molecule has 0 aliphatic carbocycles. The van der Waals surface area contributed by atoms with Gasteiger partial charge in [-0.2, -0.15) is 5.10 Å². The van der Waals surface area contributed by atoms with Crippen molar-refractivity contribution in [3.63, 3.8) is 0 Å². The third kappa shape index (κ3) is 4.35. The molecule has 0 atom stereocenters. The molecule has 6 heteroatoms. The molecule has 1 heterocycles. The van der Waals surface area contributed by atoms with Gasteiger partial charge < -0.3 is 9.47 Å². The van der Waals surface area contributed by atoms with Crippen molar-refractivity contribution in [1.29, 1.82) is 0 Å². The number of aromatic nitrogens is 2. The summed E-state index contributed by atoms with van der Waals surface area (Å²) in [5.41, 5.74) is 1.47. The molecule has 0 saturated heterocycles. The van der Waals surface area contributed by atoms with Crippen molar-refractivity contribution in [2.45, 2.75) is 27.7 Å². The quantitative estimate of drug-likeness (QED) is 0.614. The number of carbonyl (C=O) groups is 1. The molecule has 1 aromatic heterocycles. The summed E-state index contributed by atoms with van der Waals surface area (Å²) in [6.07, 6.45) is 3.02. The van der Waals surface area contributed by atoms with Gasteiger partial charge in [0.1, 0.15) is 5.75 Å². The van der Waals surface area contributed by atoms with Crippen LogP contribution in [0.25, 0.3) is 10.5 Å². The number of hydrogen-bond donors (Lipinski definition) is 0. The fraction of sp³-hybridized carbons (Fsp3) is 0.389. The van der Waals surface area contributed by atoms with Gasteiger partial charge in [-0.25, -0.2) is 14.3 Å². The lowest BCUT2D eigenvalue weighted by molar-refractivity contribution is 0.0526. The van der Waals surface area contributed by atoms with Crippen LogP contribution < -0.4 is 4.74 Å². The van der Waals surface area contributed by atoms with Crippen LogP contribution in [-0.4, -0.2) is 29.0 Å². The smallest absolute Gasteiger partial charge is 0.341 e. The molecule has 0 saturated carbocycles. The maximum atomic E-state index is 11.7. The van der Waals surface area contributed by atoms with Crippen molar-refractivity contribution in [1.82, 2.24) is 9.78 Å². The van der Waals surface area contributed by atoms with Gasteiger partial charge in [0.25, 0.3) is 0 Å². The van der Waals surface area contributed by atoms with Gasteiger partial charge in [-0.1, -0.05) is 20.8 Å². The maximum Gasteiger partial charge on any atom is 0.341 e. The SMILES string of the molecule is [C-]#[N+]c1cc(-n2cc(C(=O)OCC)cn2)ccc1OCC(C)(C)C. The predicted octanol–water partition coefficient (Wildman–Crippen LogP) is 4.02. The fourth-order valence-electron chi connectivity index (χ4n) is 1.94.